The molecule has 1 saturated carbocycles. The molecular formula is C28H35FN6O4S. The summed E-state index contributed by atoms with van der Waals surface area (Å²) in [5.74, 6) is -1.08. The largest absolute Gasteiger partial charge is 0.379 e. The maximum absolute atomic E-state index is 13.8. The number of aromatic nitrogens is 3. The highest BCUT2D eigenvalue weighted by molar-refractivity contribution is 7.90. The molecule has 3 fully saturated rings. The Morgan fingerprint density at radius 2 is 1.77 bits per heavy atom. The molecule has 0 bridgehead atoms. The van der Waals surface area contributed by atoms with Crippen LogP contribution in [0.1, 0.15) is 61.1 Å². The Labute approximate surface area is 233 Å². The maximum Gasteiger partial charge on any atom is 0.283 e. The number of nitrogens with zero attached hydrogens (tertiary/aromatic N) is 5. The maximum atomic E-state index is 13.8. The van der Waals surface area contributed by atoms with E-state index in [1.807, 2.05) is 0 Å². The Bertz CT molecular complexity index is 1490. The van der Waals surface area contributed by atoms with Gasteiger partial charge in [0.1, 0.15) is 11.5 Å². The van der Waals surface area contributed by atoms with Crippen LogP contribution in [0.5, 0.6) is 0 Å². The Balaban J connectivity index is 1.44. The average molecular weight is 571 g/mol. The molecule has 6 rings (SSSR count). The monoisotopic (exact) mass is 570 g/mol. The van der Waals surface area contributed by atoms with Gasteiger partial charge in [-0.15, -0.1) is 0 Å². The van der Waals surface area contributed by atoms with Crippen LogP contribution in [0.4, 0.5) is 10.1 Å². The molecule has 0 radical (unpaired) electrons. The fourth-order valence-corrected chi connectivity index (χ4v) is 6.43. The number of pyridine rings is 1. The zero-order chi connectivity index (χ0) is 27.9. The zero-order valence-electron chi connectivity index (χ0n) is 22.7. The second-order valence-corrected chi connectivity index (χ2v) is 12.8. The van der Waals surface area contributed by atoms with Gasteiger partial charge in [-0.25, -0.2) is 27.2 Å². The summed E-state index contributed by atoms with van der Waals surface area (Å²) in [5, 5.41) is 5.86. The van der Waals surface area contributed by atoms with E-state index in [0.29, 0.717) is 17.4 Å². The zero-order valence-corrected chi connectivity index (χ0v) is 23.5. The van der Waals surface area contributed by atoms with Crippen LogP contribution in [0.25, 0.3) is 16.7 Å². The molecular weight excluding hydrogens is 535 g/mol. The summed E-state index contributed by atoms with van der Waals surface area (Å²) in [6.45, 7) is 6.47. The summed E-state index contributed by atoms with van der Waals surface area (Å²) in [5.41, 5.74) is 2.88. The van der Waals surface area contributed by atoms with E-state index in [1.165, 1.54) is 19.1 Å². The summed E-state index contributed by atoms with van der Waals surface area (Å²) >= 11 is 0. The SMILES string of the molecule is CCS(=O)(=O)NC(=O)c1cc(N2CCC(N3CCOCC3)CC2)c2c(C3CCC3)nn(-c3ccc(F)cc3)c2n1. The van der Waals surface area contributed by atoms with Gasteiger partial charge in [0.25, 0.3) is 5.91 Å². The molecule has 214 valence electrons. The molecule has 3 aliphatic rings. The second kappa shape index (κ2) is 11.1. The molecule has 0 unspecified atom stereocenters. The van der Waals surface area contributed by atoms with E-state index in [4.69, 9.17) is 9.84 Å². The molecule has 1 aromatic carbocycles. The minimum atomic E-state index is -3.78. The van der Waals surface area contributed by atoms with Gasteiger partial charge >= 0.3 is 0 Å². The first-order chi connectivity index (χ1) is 19.3. The summed E-state index contributed by atoms with van der Waals surface area (Å²) in [6, 6.07) is 8.20. The van der Waals surface area contributed by atoms with Gasteiger partial charge < -0.3 is 9.64 Å². The van der Waals surface area contributed by atoms with Gasteiger partial charge in [0.2, 0.25) is 10.0 Å². The lowest BCUT2D eigenvalue weighted by molar-refractivity contribution is 0.0115. The van der Waals surface area contributed by atoms with Gasteiger partial charge in [0.05, 0.1) is 41.4 Å². The van der Waals surface area contributed by atoms with Crippen molar-refractivity contribution in [1.82, 2.24) is 24.4 Å². The normalized spacial score (nSPS) is 19.6. The number of anilines is 1. The van der Waals surface area contributed by atoms with Crippen molar-refractivity contribution >= 4 is 32.7 Å². The number of morpholine rings is 1. The van der Waals surface area contributed by atoms with Crippen molar-refractivity contribution in [2.45, 2.75) is 51.0 Å². The number of rotatable bonds is 7. The van der Waals surface area contributed by atoms with Gasteiger partial charge in [-0.3, -0.25) is 9.69 Å². The smallest absolute Gasteiger partial charge is 0.283 e. The van der Waals surface area contributed by atoms with E-state index in [2.05, 4.69) is 19.5 Å². The molecule has 1 N–H and O–H groups in total. The van der Waals surface area contributed by atoms with Crippen LogP contribution < -0.4 is 9.62 Å². The molecule has 2 saturated heterocycles. The minimum Gasteiger partial charge on any atom is -0.379 e. The molecule has 2 aromatic heterocycles. The molecule has 0 spiro atoms. The van der Waals surface area contributed by atoms with Crippen molar-refractivity contribution in [3.63, 3.8) is 0 Å². The average Bonchev–Trinajstić information content (AvgIpc) is 3.31. The highest BCUT2D eigenvalue weighted by atomic mass is 32.2. The van der Waals surface area contributed by atoms with Crippen LogP contribution >= 0.6 is 0 Å². The number of nitrogens with one attached hydrogen (secondary N) is 1. The number of hydrogen-bond donors (Lipinski definition) is 1. The number of piperidine rings is 1. The predicted octanol–water partition coefficient (Wildman–Crippen LogP) is 3.21. The second-order valence-electron chi connectivity index (χ2n) is 10.8. The van der Waals surface area contributed by atoms with Crippen LogP contribution in [-0.2, 0) is 14.8 Å². The van der Waals surface area contributed by atoms with Gasteiger partial charge in [0, 0.05) is 38.1 Å². The quantitative estimate of drug-likeness (QED) is 0.461. The number of halogens is 1. The Kier molecular flexibility index (Phi) is 7.49. The third-order valence-corrected chi connectivity index (χ3v) is 9.69. The Morgan fingerprint density at radius 1 is 1.07 bits per heavy atom. The van der Waals surface area contributed by atoms with E-state index in [1.54, 1.807) is 22.9 Å². The fraction of sp³-hybridized carbons (Fsp3) is 0.536. The van der Waals surface area contributed by atoms with Gasteiger partial charge in [-0.1, -0.05) is 6.42 Å². The van der Waals surface area contributed by atoms with Crippen molar-refractivity contribution in [1.29, 1.82) is 0 Å². The standard InChI is InChI=1S/C28H35FN6O4S/c1-2-40(37,38)32-28(36)23-18-24(34-12-10-21(11-13-34)33-14-16-39-17-15-33)25-26(19-4-3-5-19)31-35(27(25)30-23)22-8-6-20(29)7-9-22/h6-9,18-19,21H,2-5,10-17H2,1H3,(H,32,36). The van der Waals surface area contributed by atoms with Crippen LogP contribution in [0.15, 0.2) is 30.3 Å². The highest BCUT2D eigenvalue weighted by Gasteiger charge is 2.33. The summed E-state index contributed by atoms with van der Waals surface area (Å²) in [7, 11) is -3.78. The first kappa shape index (κ1) is 27.1. The van der Waals surface area contributed by atoms with E-state index < -0.39 is 15.9 Å². The topological polar surface area (TPSA) is 110 Å². The first-order valence-electron chi connectivity index (χ1n) is 14.1. The van der Waals surface area contributed by atoms with E-state index >= 15 is 0 Å². The minimum absolute atomic E-state index is 0.0123. The van der Waals surface area contributed by atoms with Crippen molar-refractivity contribution < 1.29 is 22.3 Å². The third kappa shape index (κ3) is 5.31. The van der Waals surface area contributed by atoms with Crippen molar-refractivity contribution in [2.24, 2.45) is 0 Å². The van der Waals surface area contributed by atoms with E-state index in [-0.39, 0.29) is 23.2 Å². The summed E-state index contributed by atoms with van der Waals surface area (Å²) in [4.78, 5) is 22.7. The van der Waals surface area contributed by atoms with Gasteiger partial charge in [-0.05, 0) is 62.9 Å². The Morgan fingerprint density at radius 3 is 2.40 bits per heavy atom. The molecule has 12 heteroatoms. The molecule has 1 aliphatic carbocycles. The Hall–Kier alpha value is -3.09. The summed E-state index contributed by atoms with van der Waals surface area (Å²) < 4.78 is 47.6. The fourth-order valence-electron chi connectivity index (χ4n) is 5.90. The molecule has 10 nitrogen and oxygen atoms in total. The number of amides is 1. The number of sulfonamides is 1. The van der Waals surface area contributed by atoms with Crippen LogP contribution in [-0.4, -0.2) is 85.2 Å². The number of carbonyl (C=O) groups excluding carboxylic acids is 1. The molecule has 3 aromatic rings. The predicted molar refractivity (Wildman–Crippen MR) is 150 cm³/mol. The molecule has 1 amide bonds. The number of fused-ring (bicyclic) bond motifs is 1. The number of carbonyl (C=O) groups is 1. The molecule has 40 heavy (non-hydrogen) atoms. The molecule has 2 aliphatic heterocycles. The lowest BCUT2D eigenvalue weighted by Crippen LogP contribution is -2.49. The lowest BCUT2D eigenvalue weighted by atomic mass is 9.82. The van der Waals surface area contributed by atoms with Crippen molar-refractivity contribution in [3.8, 4) is 5.69 Å². The number of ether oxygens (including phenoxy) is 1. The van der Waals surface area contributed by atoms with Crippen LogP contribution in [0, 0.1) is 5.82 Å². The summed E-state index contributed by atoms with van der Waals surface area (Å²) in [6.07, 6.45) is 5.11. The van der Waals surface area contributed by atoms with Crippen LogP contribution in [0.2, 0.25) is 0 Å². The molecule has 0 atom stereocenters. The van der Waals surface area contributed by atoms with E-state index in [9.17, 15) is 17.6 Å². The third-order valence-electron chi connectivity index (χ3n) is 8.44. The van der Waals surface area contributed by atoms with Crippen molar-refractivity contribution in [3.05, 3.63) is 47.5 Å². The highest BCUT2D eigenvalue weighted by Crippen LogP contribution is 2.43. The first-order valence-corrected chi connectivity index (χ1v) is 15.8. The lowest BCUT2D eigenvalue weighted by Gasteiger charge is -2.41. The van der Waals surface area contributed by atoms with Gasteiger partial charge in [0.15, 0.2) is 5.65 Å². The van der Waals surface area contributed by atoms with Crippen LogP contribution in [0.3, 0.4) is 0 Å². The number of benzene rings is 1. The van der Waals surface area contributed by atoms with Gasteiger partial charge in [-0.2, -0.15) is 5.10 Å². The molecule has 4 heterocycles. The van der Waals surface area contributed by atoms with Crippen molar-refractivity contribution in [2.75, 3.05) is 50.0 Å². The number of hydrogen-bond acceptors (Lipinski definition) is 8. The van der Waals surface area contributed by atoms with E-state index in [0.717, 1.165) is 88.3 Å².